The molecular formula is C21H26O5S. The zero-order chi connectivity index (χ0) is 19.1. The molecule has 2 unspecified atom stereocenters. The van der Waals surface area contributed by atoms with E-state index >= 15 is 0 Å². The molecule has 0 bridgehead atoms. The summed E-state index contributed by atoms with van der Waals surface area (Å²) in [5, 5.41) is 10.7. The first-order chi connectivity index (χ1) is 13.2. The van der Waals surface area contributed by atoms with Gasteiger partial charge in [-0.05, 0) is 17.7 Å². The van der Waals surface area contributed by atoms with Crippen molar-refractivity contribution in [1.29, 1.82) is 0 Å². The fraction of sp³-hybridized carbons (Fsp3) is 0.429. The summed E-state index contributed by atoms with van der Waals surface area (Å²) in [7, 11) is 3.19. The van der Waals surface area contributed by atoms with E-state index in [2.05, 4.69) is 0 Å². The van der Waals surface area contributed by atoms with Gasteiger partial charge in [-0.15, -0.1) is 0 Å². The van der Waals surface area contributed by atoms with E-state index in [1.807, 2.05) is 60.7 Å². The summed E-state index contributed by atoms with van der Waals surface area (Å²) in [6.07, 6.45) is -2.20. The number of hydrogen-bond donors (Lipinski definition) is 1. The van der Waals surface area contributed by atoms with Gasteiger partial charge in [0.15, 0.2) is 0 Å². The minimum absolute atomic E-state index is 0.276. The van der Waals surface area contributed by atoms with Gasteiger partial charge in [-0.3, -0.25) is 0 Å². The largest absolute Gasteiger partial charge is 0.387 e. The standard InChI is InChI=1S/C21H26O5S/c1-23-19-18(22)17(14-25-13-15-9-5-3-6-10-15)26-21(20(19)24-2)27-16-11-7-4-8-12-16/h3-12,17-22H,13-14H2,1-2H3/t17?,18-,19+,20?,21+/m1/s1. The summed E-state index contributed by atoms with van der Waals surface area (Å²) in [5.74, 6) is 0. The lowest BCUT2D eigenvalue weighted by atomic mass is 10.00. The molecule has 0 amide bonds. The van der Waals surface area contributed by atoms with E-state index in [0.717, 1.165) is 10.5 Å². The number of ether oxygens (including phenoxy) is 4. The van der Waals surface area contributed by atoms with Gasteiger partial charge >= 0.3 is 0 Å². The minimum Gasteiger partial charge on any atom is -0.387 e. The highest BCUT2D eigenvalue weighted by Crippen LogP contribution is 2.35. The van der Waals surface area contributed by atoms with E-state index in [4.69, 9.17) is 18.9 Å². The molecule has 3 rings (SSSR count). The van der Waals surface area contributed by atoms with Crippen molar-refractivity contribution >= 4 is 11.8 Å². The number of methoxy groups -OCH3 is 2. The zero-order valence-corrected chi connectivity index (χ0v) is 16.4. The molecule has 2 aromatic rings. The Bertz CT molecular complexity index is 669. The molecule has 0 aliphatic carbocycles. The molecule has 0 aromatic heterocycles. The summed E-state index contributed by atoms with van der Waals surface area (Å²) in [5.41, 5.74) is 0.771. The molecule has 1 aliphatic rings. The Morgan fingerprint density at radius 1 is 0.926 bits per heavy atom. The van der Waals surface area contributed by atoms with Gasteiger partial charge in [-0.2, -0.15) is 0 Å². The maximum absolute atomic E-state index is 10.7. The summed E-state index contributed by atoms with van der Waals surface area (Å²) >= 11 is 1.56. The SMILES string of the molecule is COC1[C@@H](OC)[C@H](O)C(COCc2ccccc2)O[C@H]1Sc1ccccc1. The van der Waals surface area contributed by atoms with E-state index in [1.165, 1.54) is 0 Å². The van der Waals surface area contributed by atoms with Crippen LogP contribution in [0.15, 0.2) is 65.6 Å². The lowest BCUT2D eigenvalue weighted by Gasteiger charge is -2.43. The second-order valence-corrected chi connectivity index (χ2v) is 7.54. The van der Waals surface area contributed by atoms with E-state index in [-0.39, 0.29) is 18.1 Å². The van der Waals surface area contributed by atoms with Gasteiger partial charge < -0.3 is 24.1 Å². The van der Waals surface area contributed by atoms with E-state index in [0.29, 0.717) is 6.61 Å². The van der Waals surface area contributed by atoms with Crippen molar-refractivity contribution in [2.45, 2.75) is 41.4 Å². The first-order valence-corrected chi connectivity index (χ1v) is 9.83. The first-order valence-electron chi connectivity index (χ1n) is 8.95. The fourth-order valence-corrected chi connectivity index (χ4v) is 4.32. The average molecular weight is 391 g/mol. The van der Waals surface area contributed by atoms with Crippen molar-refractivity contribution in [2.24, 2.45) is 0 Å². The van der Waals surface area contributed by atoms with Gasteiger partial charge in [-0.1, -0.05) is 60.3 Å². The van der Waals surface area contributed by atoms with Crippen LogP contribution in [0.4, 0.5) is 0 Å². The molecule has 0 radical (unpaired) electrons. The summed E-state index contributed by atoms with van der Waals surface area (Å²) < 4.78 is 23.1. The average Bonchev–Trinajstić information content (AvgIpc) is 2.71. The van der Waals surface area contributed by atoms with Crippen LogP contribution in [0.1, 0.15) is 5.56 Å². The van der Waals surface area contributed by atoms with Crippen LogP contribution < -0.4 is 0 Å². The first kappa shape index (κ1) is 20.3. The Kier molecular flexibility index (Phi) is 7.70. The molecule has 6 heteroatoms. The van der Waals surface area contributed by atoms with Gasteiger partial charge in [0.2, 0.25) is 0 Å². The highest BCUT2D eigenvalue weighted by Gasteiger charge is 2.46. The van der Waals surface area contributed by atoms with Crippen molar-refractivity contribution in [1.82, 2.24) is 0 Å². The van der Waals surface area contributed by atoms with E-state index in [9.17, 15) is 5.11 Å². The third kappa shape index (κ3) is 5.31. The van der Waals surface area contributed by atoms with Crippen LogP contribution in [-0.2, 0) is 25.6 Å². The van der Waals surface area contributed by atoms with E-state index in [1.54, 1.807) is 26.0 Å². The molecular weight excluding hydrogens is 364 g/mol. The van der Waals surface area contributed by atoms with Crippen molar-refractivity contribution in [2.75, 3.05) is 20.8 Å². The van der Waals surface area contributed by atoms with Crippen LogP contribution in [0.2, 0.25) is 0 Å². The van der Waals surface area contributed by atoms with Crippen LogP contribution in [0.25, 0.3) is 0 Å². The van der Waals surface area contributed by atoms with Crippen LogP contribution in [0.5, 0.6) is 0 Å². The van der Waals surface area contributed by atoms with Gasteiger partial charge in [0.05, 0.1) is 13.2 Å². The molecule has 1 heterocycles. The third-order valence-corrected chi connectivity index (χ3v) is 5.71. The highest BCUT2D eigenvalue weighted by molar-refractivity contribution is 7.99. The molecule has 146 valence electrons. The van der Waals surface area contributed by atoms with Crippen LogP contribution in [-0.4, -0.2) is 55.8 Å². The number of hydrogen-bond acceptors (Lipinski definition) is 6. The van der Waals surface area contributed by atoms with Crippen molar-refractivity contribution in [3.8, 4) is 0 Å². The maximum atomic E-state index is 10.7. The zero-order valence-electron chi connectivity index (χ0n) is 15.6. The summed E-state index contributed by atoms with van der Waals surface area (Å²) in [4.78, 5) is 1.07. The summed E-state index contributed by atoms with van der Waals surface area (Å²) in [6.45, 7) is 0.744. The second kappa shape index (κ2) is 10.2. The highest BCUT2D eigenvalue weighted by atomic mass is 32.2. The Labute approximate surface area is 164 Å². The summed E-state index contributed by atoms with van der Waals surface area (Å²) in [6, 6.07) is 19.9. The number of aliphatic hydroxyl groups is 1. The lowest BCUT2D eigenvalue weighted by molar-refractivity contribution is -0.224. The smallest absolute Gasteiger partial charge is 0.137 e. The molecule has 1 aliphatic heterocycles. The second-order valence-electron chi connectivity index (χ2n) is 6.37. The van der Waals surface area contributed by atoms with Crippen molar-refractivity contribution < 1.29 is 24.1 Å². The van der Waals surface area contributed by atoms with Gasteiger partial charge in [0.25, 0.3) is 0 Å². The molecule has 2 aromatic carbocycles. The molecule has 1 N–H and O–H groups in total. The Hall–Kier alpha value is -1.41. The third-order valence-electron chi connectivity index (χ3n) is 4.55. The molecule has 5 nitrogen and oxygen atoms in total. The molecule has 1 saturated heterocycles. The minimum atomic E-state index is -0.830. The molecule has 27 heavy (non-hydrogen) atoms. The number of aliphatic hydroxyl groups excluding tert-OH is 1. The van der Waals surface area contributed by atoms with Gasteiger partial charge in [-0.25, -0.2) is 0 Å². The van der Waals surface area contributed by atoms with Gasteiger partial charge in [0, 0.05) is 19.1 Å². The van der Waals surface area contributed by atoms with Crippen molar-refractivity contribution in [3.63, 3.8) is 0 Å². The van der Waals surface area contributed by atoms with Crippen LogP contribution >= 0.6 is 11.8 Å². The van der Waals surface area contributed by atoms with Gasteiger partial charge in [0.1, 0.15) is 29.9 Å². The maximum Gasteiger partial charge on any atom is 0.137 e. The number of benzene rings is 2. The van der Waals surface area contributed by atoms with Crippen molar-refractivity contribution in [3.05, 3.63) is 66.2 Å². The predicted octanol–water partition coefficient (Wildman–Crippen LogP) is 3.11. The van der Waals surface area contributed by atoms with Crippen LogP contribution in [0.3, 0.4) is 0 Å². The molecule has 0 saturated carbocycles. The monoisotopic (exact) mass is 390 g/mol. The number of thioether (sulfide) groups is 1. The lowest BCUT2D eigenvalue weighted by Crippen LogP contribution is -2.59. The Morgan fingerprint density at radius 3 is 2.19 bits per heavy atom. The molecule has 0 spiro atoms. The molecule has 5 atom stereocenters. The molecule has 1 fully saturated rings. The predicted molar refractivity (Wildman–Crippen MR) is 105 cm³/mol. The Balaban J connectivity index is 1.65. The van der Waals surface area contributed by atoms with Crippen LogP contribution in [0, 0.1) is 0 Å². The topological polar surface area (TPSA) is 57.2 Å². The van der Waals surface area contributed by atoms with E-state index < -0.39 is 18.3 Å². The quantitative estimate of drug-likeness (QED) is 0.747. The normalized spacial score (nSPS) is 28.2. The number of rotatable bonds is 8. The fourth-order valence-electron chi connectivity index (χ4n) is 3.14. The Morgan fingerprint density at radius 2 is 1.56 bits per heavy atom.